The molecule has 19 nitrogen and oxygen atoms in total. The van der Waals surface area contributed by atoms with Crippen LogP contribution in [0.3, 0.4) is 0 Å². The van der Waals surface area contributed by atoms with Gasteiger partial charge < -0.3 is 39.7 Å². The van der Waals surface area contributed by atoms with Crippen LogP contribution in [0.25, 0.3) is 22.0 Å². The number of nitrogens with zero attached hydrogens (tertiary/aromatic N) is 8. The second kappa shape index (κ2) is 21.0. The van der Waals surface area contributed by atoms with E-state index in [4.69, 9.17) is 14.5 Å². The minimum absolute atomic E-state index is 0.00485. The van der Waals surface area contributed by atoms with E-state index in [1.807, 2.05) is 17.9 Å². The number of benzene rings is 3. The van der Waals surface area contributed by atoms with Gasteiger partial charge in [0.2, 0.25) is 18.2 Å². The molecule has 12 rings (SSSR count). The number of aromatic hydroxyl groups is 1. The predicted molar refractivity (Wildman–Crippen MR) is 289 cm³/mol. The summed E-state index contributed by atoms with van der Waals surface area (Å²) in [5, 5.41) is 28.5. The number of amides is 5. The molecule has 1 aromatic heterocycles. The van der Waals surface area contributed by atoms with E-state index >= 15 is 8.78 Å². The maximum atomic E-state index is 17.3. The number of nitrogens with one attached hydrogen (secondary N) is 2. The fourth-order valence-electron chi connectivity index (χ4n) is 13.9. The monoisotopic (exact) mass is 1090 g/mol. The van der Waals surface area contributed by atoms with Gasteiger partial charge in [-0.1, -0.05) is 13.0 Å². The molecule has 5 atom stereocenters. The van der Waals surface area contributed by atoms with Crippen molar-refractivity contribution in [2.75, 3.05) is 88.9 Å². The highest BCUT2D eigenvalue weighted by Gasteiger charge is 2.51. The summed E-state index contributed by atoms with van der Waals surface area (Å²) in [4.78, 5) is 85.9. The summed E-state index contributed by atoms with van der Waals surface area (Å²) in [6, 6.07) is 10.1. The number of carbonyl (C=O) groups excluding carboxylic acids is 5. The number of fused-ring (bicyclic) bond motifs is 4. The van der Waals surface area contributed by atoms with Crippen LogP contribution in [0.5, 0.6) is 5.75 Å². The van der Waals surface area contributed by atoms with Gasteiger partial charge in [0.05, 0.1) is 34.6 Å². The van der Waals surface area contributed by atoms with Crippen molar-refractivity contribution in [3.63, 3.8) is 0 Å². The smallest absolute Gasteiger partial charge is 0.409 e. The highest BCUT2D eigenvalue weighted by atomic mass is 19.1. The number of likely N-dealkylation sites (tertiary alicyclic amines) is 1. The summed E-state index contributed by atoms with van der Waals surface area (Å²) in [6.07, 6.45) is 7.42. The van der Waals surface area contributed by atoms with Gasteiger partial charge in [0, 0.05) is 94.4 Å². The number of piperazine rings is 1. The van der Waals surface area contributed by atoms with Crippen molar-refractivity contribution >= 4 is 57.7 Å². The number of aliphatic imine (C=N–C) groups is 1. The normalized spacial score (nSPS) is 26.8. The van der Waals surface area contributed by atoms with Crippen LogP contribution < -0.4 is 15.5 Å². The third-order valence-electron chi connectivity index (χ3n) is 18.0. The Kier molecular flexibility index (Phi) is 14.1. The number of aryl methyl sites for hydroxylation is 1. The molecular weight excluding hydrogens is 1020 g/mol. The summed E-state index contributed by atoms with van der Waals surface area (Å²) in [7, 11) is 0. The molecule has 21 heteroatoms. The molecule has 8 aliphatic rings. The molecule has 8 aliphatic heterocycles. The Balaban J connectivity index is 0.643. The van der Waals surface area contributed by atoms with Crippen LogP contribution in [0.1, 0.15) is 110 Å². The first-order chi connectivity index (χ1) is 38.1. The van der Waals surface area contributed by atoms with E-state index in [2.05, 4.69) is 30.3 Å². The van der Waals surface area contributed by atoms with Crippen LogP contribution in [0, 0.1) is 17.6 Å². The van der Waals surface area contributed by atoms with Crippen molar-refractivity contribution in [2.45, 2.75) is 114 Å². The molecule has 4 unspecified atom stereocenters. The summed E-state index contributed by atoms with van der Waals surface area (Å²) in [5.41, 5.74) is 1.21. The largest absolute Gasteiger partial charge is 0.508 e. The Morgan fingerprint density at radius 3 is 2.41 bits per heavy atom. The number of carbonyl (C=O) groups is 5. The van der Waals surface area contributed by atoms with E-state index in [9.17, 15) is 34.2 Å². The molecular formula is C58H68F2N10O9. The zero-order valence-corrected chi connectivity index (χ0v) is 44.8. The Labute approximate surface area is 456 Å². The van der Waals surface area contributed by atoms with Crippen LogP contribution in [0.15, 0.2) is 53.7 Å². The van der Waals surface area contributed by atoms with E-state index in [0.717, 1.165) is 88.4 Å². The van der Waals surface area contributed by atoms with Gasteiger partial charge in [-0.3, -0.25) is 44.2 Å². The van der Waals surface area contributed by atoms with Crippen molar-refractivity contribution < 1.29 is 52.4 Å². The molecule has 79 heavy (non-hydrogen) atoms. The quantitative estimate of drug-likeness (QED) is 0.130. The lowest BCUT2D eigenvalue weighted by Crippen LogP contribution is -2.54. The molecule has 0 spiro atoms. The molecule has 6 fully saturated rings. The molecule has 0 saturated carbocycles. The van der Waals surface area contributed by atoms with Gasteiger partial charge in [-0.25, -0.2) is 18.6 Å². The Bertz CT molecular complexity index is 3160. The van der Waals surface area contributed by atoms with E-state index in [-0.39, 0.29) is 77.5 Å². The fourth-order valence-corrected chi connectivity index (χ4v) is 13.9. The third kappa shape index (κ3) is 9.94. The molecule has 5 amide bonds. The molecule has 9 heterocycles. The lowest BCUT2D eigenvalue weighted by atomic mass is 9.93. The standard InChI is InChI=1S/C58H68F2N10O9/c1-3-39-44(59)9-6-35-26-38(71)28-42(47(35)39)49-48(60)50-43(29-61-49)51(68-18-4-15-57(2,77)32-68)64-55(63-50)79-33-58-16-5-19-69(58)37(12-17-58)31-78-56(76)67-24-22-65(23-25-67)30-34-13-20-66(21-14-34)36-7-8-40-41(27-36)54(75)70(53(40)74)45-10-11-46(72)62-52(45)73/h6-9,26-29,34,37,45,55,63,71,77H,3-5,10-25,30-33H2,1-2H3,(H,62,72,73)/t37?,45?,55?,57-,58?/m1/s1. The van der Waals surface area contributed by atoms with Crippen LogP contribution in [0.2, 0.25) is 0 Å². The summed E-state index contributed by atoms with van der Waals surface area (Å²) >= 11 is 0. The molecule has 3 aromatic carbocycles. The number of phenolic OH excluding ortho intramolecular Hbond substituents is 1. The second-order valence-electron chi connectivity index (χ2n) is 23.1. The van der Waals surface area contributed by atoms with Crippen molar-refractivity contribution in [1.29, 1.82) is 0 Å². The number of piperidine rings is 3. The number of aliphatic hydroxyl groups is 1. The van der Waals surface area contributed by atoms with Crippen LogP contribution in [-0.2, 0) is 25.5 Å². The van der Waals surface area contributed by atoms with Gasteiger partial charge in [0.15, 0.2) is 5.82 Å². The highest BCUT2D eigenvalue weighted by molar-refractivity contribution is 6.23. The number of β-amino-alcohol motifs (C(OH)–C–C–N with tert-alkyl or cyclic N) is 1. The lowest BCUT2D eigenvalue weighted by molar-refractivity contribution is -0.136. The van der Waals surface area contributed by atoms with Crippen molar-refractivity contribution in [3.8, 4) is 17.0 Å². The van der Waals surface area contributed by atoms with Gasteiger partial charge in [0.25, 0.3) is 11.8 Å². The average Bonchev–Trinajstić information content (AvgIpc) is 4.31. The van der Waals surface area contributed by atoms with Gasteiger partial charge in [-0.05, 0) is 136 Å². The summed E-state index contributed by atoms with van der Waals surface area (Å²) in [5.74, 6) is -2.37. The van der Waals surface area contributed by atoms with Crippen LogP contribution >= 0.6 is 0 Å². The van der Waals surface area contributed by atoms with E-state index in [1.54, 1.807) is 36.2 Å². The number of pyridine rings is 1. The van der Waals surface area contributed by atoms with Crippen molar-refractivity contribution in [3.05, 3.63) is 82.5 Å². The molecule has 6 saturated heterocycles. The molecule has 418 valence electrons. The number of hydrogen-bond donors (Lipinski definition) is 4. The fraction of sp³-hybridized carbons (Fsp3) is 0.534. The topological polar surface area (TPSA) is 213 Å². The van der Waals surface area contributed by atoms with E-state index < -0.39 is 53.3 Å². The number of rotatable bonds is 11. The molecule has 0 radical (unpaired) electrons. The average molecular weight is 1090 g/mol. The first-order valence-electron chi connectivity index (χ1n) is 28.1. The van der Waals surface area contributed by atoms with Crippen LogP contribution in [0.4, 0.5) is 25.0 Å². The number of halogens is 2. The number of amidine groups is 1. The van der Waals surface area contributed by atoms with E-state index in [1.165, 1.54) is 18.2 Å². The zero-order valence-electron chi connectivity index (χ0n) is 44.8. The first kappa shape index (κ1) is 52.9. The van der Waals surface area contributed by atoms with Gasteiger partial charge in [-0.2, -0.15) is 0 Å². The van der Waals surface area contributed by atoms with Gasteiger partial charge >= 0.3 is 6.09 Å². The minimum atomic E-state index is -1.00. The summed E-state index contributed by atoms with van der Waals surface area (Å²) < 4.78 is 45.3. The lowest BCUT2D eigenvalue weighted by Gasteiger charge is -2.41. The maximum absolute atomic E-state index is 17.3. The summed E-state index contributed by atoms with van der Waals surface area (Å²) in [6.45, 7) is 11.0. The number of anilines is 2. The Morgan fingerprint density at radius 1 is 0.848 bits per heavy atom. The van der Waals surface area contributed by atoms with Gasteiger partial charge in [-0.15, -0.1) is 0 Å². The number of phenols is 1. The first-order valence-corrected chi connectivity index (χ1v) is 28.1. The second-order valence-corrected chi connectivity index (χ2v) is 23.1. The SMILES string of the molecule is CCc1c(F)ccc2cc(O)cc(-c3ncc4c(c3F)NC(OCC35CCCN3C(COC(=O)N3CCN(CC6CCN(c7ccc8c(c7)C(=O)N(C7CCC(=O)NC7=O)C8=O)CC6)CC3)CC5)N=C4N3CCC[C@@](C)(O)C3)c12. The third-order valence-corrected chi connectivity index (χ3v) is 18.0. The number of aromatic nitrogens is 1. The molecule has 0 aliphatic carbocycles. The minimum Gasteiger partial charge on any atom is -0.508 e. The zero-order chi connectivity index (χ0) is 54.9. The van der Waals surface area contributed by atoms with E-state index in [0.29, 0.717) is 79.2 Å². The molecule has 0 bridgehead atoms. The predicted octanol–water partition coefficient (Wildman–Crippen LogP) is 5.84. The Hall–Kier alpha value is -6.81. The Morgan fingerprint density at radius 2 is 1.63 bits per heavy atom. The van der Waals surface area contributed by atoms with Crippen molar-refractivity contribution in [2.24, 2.45) is 10.9 Å². The van der Waals surface area contributed by atoms with Gasteiger partial charge in [0.1, 0.15) is 35.7 Å². The highest BCUT2D eigenvalue weighted by Crippen LogP contribution is 2.45. The molecule has 4 N–H and O–H groups in total. The molecule has 4 aromatic rings. The van der Waals surface area contributed by atoms with Crippen LogP contribution in [-0.4, -0.2) is 183 Å². The van der Waals surface area contributed by atoms with Crippen molar-refractivity contribution in [1.82, 2.24) is 34.8 Å². The maximum Gasteiger partial charge on any atom is 0.409 e. The number of imide groups is 2. The number of ether oxygens (including phenoxy) is 2. The number of hydrogen-bond acceptors (Lipinski definition) is 16.